The number of amides is 2. The van der Waals surface area contributed by atoms with Crippen LogP contribution in [0.2, 0.25) is 0 Å². The summed E-state index contributed by atoms with van der Waals surface area (Å²) in [6, 6.07) is 18.2. The van der Waals surface area contributed by atoms with Gasteiger partial charge in [-0.3, -0.25) is 14.5 Å². The number of imide groups is 1. The second-order valence-corrected chi connectivity index (χ2v) is 8.78. The standard InChI is InChI=1S/C16H12BrNO3.C8H10BrNO/c1-21-12-7-10(6-11(17)8-12)9-18-15(19)13-4-2-3-5-14(13)16(18)20;1-11-8-3-6(5-10)2-7(9)4-8/h2-8H,9H2,1H3;2-4H,5,10H2,1H3. The Labute approximate surface area is 203 Å². The van der Waals surface area contributed by atoms with Crippen LogP contribution >= 0.6 is 31.9 Å². The number of nitrogens with zero attached hydrogens (tertiary/aromatic N) is 1. The van der Waals surface area contributed by atoms with Crippen LogP contribution in [0.25, 0.3) is 0 Å². The van der Waals surface area contributed by atoms with Crippen molar-refractivity contribution in [2.45, 2.75) is 13.1 Å². The average molecular weight is 562 g/mol. The maximum atomic E-state index is 12.3. The number of hydrogen-bond donors (Lipinski definition) is 1. The molecule has 1 aliphatic rings. The molecule has 3 aromatic rings. The van der Waals surface area contributed by atoms with E-state index in [1.54, 1.807) is 38.5 Å². The van der Waals surface area contributed by atoms with Crippen LogP contribution in [0.3, 0.4) is 0 Å². The first-order valence-corrected chi connectivity index (χ1v) is 11.3. The quantitative estimate of drug-likeness (QED) is 0.435. The molecule has 0 saturated heterocycles. The van der Waals surface area contributed by atoms with Gasteiger partial charge in [0.05, 0.1) is 31.9 Å². The Kier molecular flexibility index (Phi) is 8.06. The van der Waals surface area contributed by atoms with Gasteiger partial charge in [0.25, 0.3) is 11.8 Å². The molecule has 0 unspecified atom stereocenters. The molecule has 0 bridgehead atoms. The van der Waals surface area contributed by atoms with Crippen molar-refractivity contribution in [2.75, 3.05) is 14.2 Å². The zero-order valence-electron chi connectivity index (χ0n) is 17.6. The lowest BCUT2D eigenvalue weighted by Gasteiger charge is -2.14. The third-order valence-corrected chi connectivity index (χ3v) is 5.70. The molecule has 8 heteroatoms. The number of benzene rings is 3. The molecule has 0 spiro atoms. The molecule has 2 N–H and O–H groups in total. The van der Waals surface area contributed by atoms with Crippen molar-refractivity contribution in [2.24, 2.45) is 5.73 Å². The van der Waals surface area contributed by atoms with Gasteiger partial charge in [-0.15, -0.1) is 0 Å². The van der Waals surface area contributed by atoms with Gasteiger partial charge in [0.15, 0.2) is 0 Å². The van der Waals surface area contributed by atoms with Crippen LogP contribution in [-0.2, 0) is 13.1 Å². The van der Waals surface area contributed by atoms with Crippen molar-refractivity contribution in [1.29, 1.82) is 0 Å². The predicted octanol–water partition coefficient (Wildman–Crippen LogP) is 5.17. The van der Waals surface area contributed by atoms with E-state index in [9.17, 15) is 9.59 Å². The van der Waals surface area contributed by atoms with E-state index in [4.69, 9.17) is 15.2 Å². The fraction of sp³-hybridized carbons (Fsp3) is 0.167. The highest BCUT2D eigenvalue weighted by Gasteiger charge is 2.35. The highest BCUT2D eigenvalue weighted by atomic mass is 79.9. The Hall–Kier alpha value is -2.68. The summed E-state index contributed by atoms with van der Waals surface area (Å²) in [5, 5.41) is 0. The molecule has 1 aliphatic heterocycles. The molecule has 4 rings (SSSR count). The molecule has 166 valence electrons. The summed E-state index contributed by atoms with van der Waals surface area (Å²) in [6.07, 6.45) is 0. The van der Waals surface area contributed by atoms with Gasteiger partial charge in [-0.1, -0.05) is 44.0 Å². The third-order valence-electron chi connectivity index (χ3n) is 4.79. The summed E-state index contributed by atoms with van der Waals surface area (Å²) in [4.78, 5) is 25.9. The van der Waals surface area contributed by atoms with Crippen molar-refractivity contribution in [3.63, 3.8) is 0 Å². The van der Waals surface area contributed by atoms with E-state index in [0.717, 1.165) is 25.8 Å². The minimum atomic E-state index is -0.255. The first kappa shape index (κ1) is 24.0. The summed E-state index contributed by atoms with van der Waals surface area (Å²) < 4.78 is 12.1. The van der Waals surface area contributed by atoms with Gasteiger partial charge < -0.3 is 15.2 Å². The van der Waals surface area contributed by atoms with E-state index in [1.807, 2.05) is 36.4 Å². The Bertz CT molecular complexity index is 1090. The number of methoxy groups -OCH3 is 2. The van der Waals surface area contributed by atoms with Crippen LogP contribution in [0.1, 0.15) is 31.8 Å². The van der Waals surface area contributed by atoms with Crippen LogP contribution in [0.5, 0.6) is 11.5 Å². The summed E-state index contributed by atoms with van der Waals surface area (Å²) in [6.45, 7) is 0.762. The number of rotatable bonds is 5. The highest BCUT2D eigenvalue weighted by molar-refractivity contribution is 9.10. The third kappa shape index (κ3) is 5.56. The maximum absolute atomic E-state index is 12.3. The molecular weight excluding hydrogens is 540 g/mol. The van der Waals surface area contributed by atoms with Gasteiger partial charge >= 0.3 is 0 Å². The second-order valence-electron chi connectivity index (χ2n) is 6.94. The van der Waals surface area contributed by atoms with Crippen LogP contribution < -0.4 is 15.2 Å². The number of hydrogen-bond acceptors (Lipinski definition) is 5. The van der Waals surface area contributed by atoms with E-state index in [1.165, 1.54) is 4.90 Å². The normalized spacial score (nSPS) is 12.2. The van der Waals surface area contributed by atoms with E-state index in [0.29, 0.717) is 23.4 Å². The molecule has 0 radical (unpaired) electrons. The van der Waals surface area contributed by atoms with E-state index in [2.05, 4.69) is 31.9 Å². The number of halogens is 2. The summed E-state index contributed by atoms with van der Waals surface area (Å²) in [5.41, 5.74) is 8.29. The van der Waals surface area contributed by atoms with Crippen molar-refractivity contribution in [3.05, 3.63) is 91.9 Å². The number of ether oxygens (including phenoxy) is 2. The largest absolute Gasteiger partial charge is 0.497 e. The van der Waals surface area contributed by atoms with Gasteiger partial charge in [-0.2, -0.15) is 0 Å². The van der Waals surface area contributed by atoms with Crippen LogP contribution in [-0.4, -0.2) is 30.9 Å². The monoisotopic (exact) mass is 560 g/mol. The predicted molar refractivity (Wildman–Crippen MR) is 130 cm³/mol. The summed E-state index contributed by atoms with van der Waals surface area (Å²) in [7, 11) is 3.22. The molecule has 0 atom stereocenters. The van der Waals surface area contributed by atoms with E-state index in [-0.39, 0.29) is 18.4 Å². The molecule has 1 heterocycles. The lowest BCUT2D eigenvalue weighted by atomic mass is 10.1. The number of fused-ring (bicyclic) bond motifs is 1. The molecule has 6 nitrogen and oxygen atoms in total. The van der Waals surface area contributed by atoms with Crippen molar-refractivity contribution < 1.29 is 19.1 Å². The van der Waals surface area contributed by atoms with Gasteiger partial charge in [0.2, 0.25) is 0 Å². The number of carbonyl (C=O) groups is 2. The minimum Gasteiger partial charge on any atom is -0.497 e. The fourth-order valence-corrected chi connectivity index (χ4v) is 4.29. The Morgan fingerprint density at radius 3 is 1.72 bits per heavy atom. The molecule has 32 heavy (non-hydrogen) atoms. The Morgan fingerprint density at radius 2 is 1.25 bits per heavy atom. The zero-order valence-corrected chi connectivity index (χ0v) is 20.8. The first-order chi connectivity index (χ1) is 15.4. The average Bonchev–Trinajstić information content (AvgIpc) is 3.03. The van der Waals surface area contributed by atoms with Crippen molar-refractivity contribution >= 4 is 43.7 Å². The topological polar surface area (TPSA) is 81.9 Å². The summed E-state index contributed by atoms with van der Waals surface area (Å²) in [5.74, 6) is 1.000. The minimum absolute atomic E-state index is 0.224. The summed E-state index contributed by atoms with van der Waals surface area (Å²) >= 11 is 6.75. The second kappa shape index (κ2) is 10.8. The zero-order chi connectivity index (χ0) is 23.3. The van der Waals surface area contributed by atoms with Crippen molar-refractivity contribution in [1.82, 2.24) is 4.90 Å². The first-order valence-electron chi connectivity index (χ1n) is 9.68. The number of nitrogens with two attached hydrogens (primary N) is 1. The van der Waals surface area contributed by atoms with Gasteiger partial charge in [0, 0.05) is 15.5 Å². The molecular formula is C24H22Br2N2O4. The molecule has 3 aromatic carbocycles. The van der Waals surface area contributed by atoms with Gasteiger partial charge in [0.1, 0.15) is 11.5 Å². The maximum Gasteiger partial charge on any atom is 0.261 e. The van der Waals surface area contributed by atoms with Gasteiger partial charge in [-0.25, -0.2) is 0 Å². The van der Waals surface area contributed by atoms with E-state index >= 15 is 0 Å². The molecule has 0 aliphatic carbocycles. The SMILES string of the molecule is COc1cc(Br)cc(CN)c1.COc1cc(Br)cc(CN2C(=O)c3ccccc3C2=O)c1. The van der Waals surface area contributed by atoms with Crippen LogP contribution in [0.4, 0.5) is 0 Å². The molecule has 2 amide bonds. The van der Waals surface area contributed by atoms with Crippen LogP contribution in [0, 0.1) is 0 Å². The van der Waals surface area contributed by atoms with Crippen molar-refractivity contribution in [3.8, 4) is 11.5 Å². The van der Waals surface area contributed by atoms with Gasteiger partial charge in [-0.05, 0) is 59.7 Å². The van der Waals surface area contributed by atoms with E-state index < -0.39 is 0 Å². The highest BCUT2D eigenvalue weighted by Crippen LogP contribution is 2.27. The molecule has 0 fully saturated rings. The molecule has 0 saturated carbocycles. The Balaban J connectivity index is 0.000000222. The number of carbonyl (C=O) groups excluding carboxylic acids is 2. The lowest BCUT2D eigenvalue weighted by Crippen LogP contribution is -2.29. The lowest BCUT2D eigenvalue weighted by molar-refractivity contribution is 0.0642. The fourth-order valence-electron chi connectivity index (χ4n) is 3.25. The van der Waals surface area contributed by atoms with Crippen LogP contribution in [0.15, 0.2) is 69.6 Å². The Morgan fingerprint density at radius 1 is 0.781 bits per heavy atom. The molecule has 0 aromatic heterocycles. The smallest absolute Gasteiger partial charge is 0.261 e.